The number of carbonyl (C=O) groups is 1. The first-order chi connectivity index (χ1) is 15.1. The summed E-state index contributed by atoms with van der Waals surface area (Å²) in [7, 11) is 0. The van der Waals surface area contributed by atoms with Crippen LogP contribution in [0.25, 0.3) is 27.8 Å². The second-order valence-corrected chi connectivity index (χ2v) is 7.14. The van der Waals surface area contributed by atoms with Crippen molar-refractivity contribution in [3.63, 3.8) is 0 Å². The SMILES string of the molecule is Cc1ccnc(NC(=O)c2ccc(-n3cnc4ccc(-c5cn[nH]c5)cc43)cc2F)c1.Cl.Cl.Cl. The molecule has 0 fully saturated rings. The molecule has 1 amide bonds. The number of aryl methyl sites for hydroxylation is 1. The summed E-state index contributed by atoms with van der Waals surface area (Å²) in [6, 6.07) is 13.8. The number of hydrogen-bond donors (Lipinski definition) is 2. The summed E-state index contributed by atoms with van der Waals surface area (Å²) in [5, 5.41) is 9.41. The van der Waals surface area contributed by atoms with Gasteiger partial charge in [0.25, 0.3) is 5.91 Å². The summed E-state index contributed by atoms with van der Waals surface area (Å²) in [5.41, 5.74) is 4.95. The number of carbonyl (C=O) groups excluding carboxylic acids is 1. The Morgan fingerprint density at radius 1 is 1.00 bits per heavy atom. The molecule has 11 heteroatoms. The second-order valence-electron chi connectivity index (χ2n) is 7.14. The zero-order valence-electron chi connectivity index (χ0n) is 17.7. The number of nitrogens with one attached hydrogen (secondary N) is 2. The quantitative estimate of drug-likeness (QED) is 0.314. The van der Waals surface area contributed by atoms with Crippen LogP contribution in [0.15, 0.2) is 73.4 Å². The lowest BCUT2D eigenvalue weighted by Crippen LogP contribution is -2.15. The molecule has 176 valence electrons. The van der Waals surface area contributed by atoms with Gasteiger partial charge in [0.2, 0.25) is 0 Å². The summed E-state index contributed by atoms with van der Waals surface area (Å²) >= 11 is 0. The Morgan fingerprint density at radius 2 is 1.82 bits per heavy atom. The summed E-state index contributed by atoms with van der Waals surface area (Å²) in [6.45, 7) is 1.89. The van der Waals surface area contributed by atoms with Gasteiger partial charge in [0.1, 0.15) is 18.0 Å². The van der Waals surface area contributed by atoms with Crippen molar-refractivity contribution in [3.8, 4) is 16.8 Å². The number of amides is 1. The van der Waals surface area contributed by atoms with E-state index >= 15 is 0 Å². The molecule has 3 aromatic heterocycles. The van der Waals surface area contributed by atoms with Gasteiger partial charge >= 0.3 is 0 Å². The third kappa shape index (κ3) is 5.20. The summed E-state index contributed by atoms with van der Waals surface area (Å²) in [6.07, 6.45) is 6.76. The number of nitrogens with zero attached hydrogens (tertiary/aromatic N) is 4. The molecular weight excluding hydrogens is 502 g/mol. The summed E-state index contributed by atoms with van der Waals surface area (Å²) in [5.74, 6) is -0.809. The standard InChI is InChI=1S/C23H17FN6O.3ClH/c1-14-6-7-25-22(8-14)29-23(31)18-4-3-17(10-19(18)24)30-13-26-20-5-2-15(9-21(20)30)16-11-27-28-12-16;;;/h2-13H,1H3,(H,27,28)(H,25,29,31);3*1H. The van der Waals surface area contributed by atoms with Crippen molar-refractivity contribution in [3.05, 3.63) is 90.4 Å². The molecule has 0 saturated carbocycles. The molecule has 0 aliphatic heterocycles. The number of rotatable bonds is 4. The molecule has 2 N–H and O–H groups in total. The molecule has 0 atom stereocenters. The molecule has 0 aliphatic carbocycles. The molecule has 0 saturated heterocycles. The van der Waals surface area contributed by atoms with E-state index in [0.29, 0.717) is 11.5 Å². The van der Waals surface area contributed by atoms with Crippen molar-refractivity contribution in [2.75, 3.05) is 5.32 Å². The predicted octanol–water partition coefficient (Wildman–Crippen LogP) is 5.78. The molecule has 2 aromatic carbocycles. The van der Waals surface area contributed by atoms with Crippen LogP contribution in [0.3, 0.4) is 0 Å². The van der Waals surface area contributed by atoms with Gasteiger partial charge < -0.3 is 5.32 Å². The van der Waals surface area contributed by atoms with Gasteiger partial charge in [-0.3, -0.25) is 14.5 Å². The largest absolute Gasteiger partial charge is 0.306 e. The molecule has 5 rings (SSSR count). The topological polar surface area (TPSA) is 88.5 Å². The van der Waals surface area contributed by atoms with E-state index < -0.39 is 11.7 Å². The van der Waals surface area contributed by atoms with Crippen LogP contribution >= 0.6 is 37.2 Å². The number of halogens is 4. The fourth-order valence-corrected chi connectivity index (χ4v) is 3.43. The van der Waals surface area contributed by atoms with Crippen LogP contribution in [0, 0.1) is 12.7 Å². The van der Waals surface area contributed by atoms with E-state index in [1.165, 1.54) is 12.1 Å². The highest BCUT2D eigenvalue weighted by molar-refractivity contribution is 6.04. The molecule has 0 spiro atoms. The number of aromatic nitrogens is 5. The number of pyridine rings is 1. The average molecular weight is 522 g/mol. The molecule has 0 unspecified atom stereocenters. The van der Waals surface area contributed by atoms with Crippen molar-refractivity contribution < 1.29 is 9.18 Å². The minimum atomic E-state index is -0.629. The first-order valence-corrected chi connectivity index (χ1v) is 9.59. The third-order valence-corrected chi connectivity index (χ3v) is 5.01. The summed E-state index contributed by atoms with van der Waals surface area (Å²) in [4.78, 5) is 21.0. The van der Waals surface area contributed by atoms with Crippen LogP contribution in [0.2, 0.25) is 0 Å². The number of hydrogen-bond acceptors (Lipinski definition) is 4. The van der Waals surface area contributed by atoms with E-state index in [0.717, 1.165) is 27.7 Å². The van der Waals surface area contributed by atoms with E-state index in [1.54, 1.807) is 41.6 Å². The Kier molecular flexibility index (Phi) is 8.75. The predicted molar refractivity (Wildman–Crippen MR) is 137 cm³/mol. The molecule has 3 heterocycles. The Hall–Kier alpha value is -3.46. The lowest BCUT2D eigenvalue weighted by atomic mass is 10.1. The van der Waals surface area contributed by atoms with Crippen molar-refractivity contribution in [1.29, 1.82) is 0 Å². The van der Waals surface area contributed by atoms with Gasteiger partial charge in [-0.25, -0.2) is 14.4 Å². The molecular formula is C23H20Cl3FN6O. The second kappa shape index (κ2) is 11.1. The van der Waals surface area contributed by atoms with Crippen molar-refractivity contribution in [1.82, 2.24) is 24.7 Å². The Morgan fingerprint density at radius 3 is 2.53 bits per heavy atom. The van der Waals surface area contributed by atoms with Crippen LogP contribution in [-0.4, -0.2) is 30.6 Å². The minimum absolute atomic E-state index is 0. The fraction of sp³-hybridized carbons (Fsp3) is 0.0435. The van der Waals surface area contributed by atoms with E-state index in [4.69, 9.17) is 0 Å². The third-order valence-electron chi connectivity index (χ3n) is 5.01. The maximum atomic E-state index is 14.8. The van der Waals surface area contributed by atoms with Crippen molar-refractivity contribution in [2.24, 2.45) is 0 Å². The molecule has 0 bridgehead atoms. The van der Waals surface area contributed by atoms with Crippen LogP contribution < -0.4 is 5.32 Å². The zero-order chi connectivity index (χ0) is 21.4. The van der Waals surface area contributed by atoms with Gasteiger partial charge in [-0.2, -0.15) is 5.10 Å². The summed E-state index contributed by atoms with van der Waals surface area (Å²) < 4.78 is 16.6. The van der Waals surface area contributed by atoms with Gasteiger partial charge in [-0.05, 0) is 60.5 Å². The Bertz CT molecular complexity index is 1420. The van der Waals surface area contributed by atoms with Crippen LogP contribution in [0.1, 0.15) is 15.9 Å². The van der Waals surface area contributed by atoms with Crippen molar-refractivity contribution >= 4 is 60.0 Å². The Balaban J connectivity index is 0.00000136. The molecule has 0 aliphatic rings. The normalized spacial score (nSPS) is 10.1. The Labute approximate surface area is 213 Å². The van der Waals surface area contributed by atoms with E-state index in [2.05, 4.69) is 25.5 Å². The van der Waals surface area contributed by atoms with Crippen LogP contribution in [0.5, 0.6) is 0 Å². The van der Waals surface area contributed by atoms with E-state index in [9.17, 15) is 9.18 Å². The molecule has 0 radical (unpaired) electrons. The highest BCUT2D eigenvalue weighted by Gasteiger charge is 2.15. The molecule has 5 aromatic rings. The van der Waals surface area contributed by atoms with Gasteiger partial charge in [-0.15, -0.1) is 37.2 Å². The first kappa shape index (κ1) is 26.8. The number of aromatic amines is 1. The lowest BCUT2D eigenvalue weighted by molar-refractivity contribution is 0.102. The molecule has 34 heavy (non-hydrogen) atoms. The average Bonchev–Trinajstić information content (AvgIpc) is 3.43. The highest BCUT2D eigenvalue weighted by Crippen LogP contribution is 2.26. The van der Waals surface area contributed by atoms with E-state index in [1.807, 2.05) is 31.2 Å². The maximum absolute atomic E-state index is 14.8. The van der Waals surface area contributed by atoms with E-state index in [-0.39, 0.29) is 42.8 Å². The first-order valence-electron chi connectivity index (χ1n) is 9.59. The van der Waals surface area contributed by atoms with Crippen LogP contribution in [-0.2, 0) is 0 Å². The van der Waals surface area contributed by atoms with Crippen LogP contribution in [0.4, 0.5) is 10.2 Å². The number of benzene rings is 2. The van der Waals surface area contributed by atoms with Gasteiger partial charge in [0, 0.05) is 18.0 Å². The number of fused-ring (bicyclic) bond motifs is 1. The number of anilines is 1. The smallest absolute Gasteiger partial charge is 0.259 e. The zero-order valence-corrected chi connectivity index (χ0v) is 20.2. The monoisotopic (exact) mass is 520 g/mol. The molecule has 7 nitrogen and oxygen atoms in total. The van der Waals surface area contributed by atoms with Crippen molar-refractivity contribution in [2.45, 2.75) is 6.92 Å². The minimum Gasteiger partial charge on any atom is -0.306 e. The maximum Gasteiger partial charge on any atom is 0.259 e. The number of H-pyrrole nitrogens is 1. The lowest BCUT2D eigenvalue weighted by Gasteiger charge is -2.09. The van der Waals surface area contributed by atoms with Gasteiger partial charge in [0.05, 0.1) is 28.5 Å². The fourth-order valence-electron chi connectivity index (χ4n) is 3.43. The number of imidazole rings is 1. The highest BCUT2D eigenvalue weighted by atomic mass is 35.5. The van der Waals surface area contributed by atoms with Gasteiger partial charge in [0.15, 0.2) is 0 Å². The van der Waals surface area contributed by atoms with Gasteiger partial charge in [-0.1, -0.05) is 6.07 Å².